The first-order chi connectivity index (χ1) is 38.0. The Morgan fingerprint density at radius 2 is 0.532 bits per heavy atom. The quantitative estimate of drug-likeness (QED) is 0.0261. The van der Waals surface area contributed by atoms with Gasteiger partial charge in [0.1, 0.15) is 13.2 Å². The Bertz CT molecular complexity index is 1510. The summed E-state index contributed by atoms with van der Waals surface area (Å²) in [6.45, 7) is 6.44. The van der Waals surface area contributed by atoms with Crippen molar-refractivity contribution >= 4 is 17.9 Å². The second-order valence-corrected chi connectivity index (χ2v) is 21.6. The summed E-state index contributed by atoms with van der Waals surface area (Å²) in [5.74, 6) is -0.920. The van der Waals surface area contributed by atoms with Crippen LogP contribution in [0.3, 0.4) is 0 Å². The van der Waals surface area contributed by atoms with Crippen LogP contribution in [-0.2, 0) is 28.6 Å². The maximum absolute atomic E-state index is 12.9. The molecule has 442 valence electrons. The van der Waals surface area contributed by atoms with Crippen LogP contribution in [0.25, 0.3) is 0 Å². The molecule has 0 fully saturated rings. The second-order valence-electron chi connectivity index (χ2n) is 21.6. The molecule has 1 atom stereocenters. The largest absolute Gasteiger partial charge is 0.462 e. The zero-order valence-electron chi connectivity index (χ0n) is 50.7. The van der Waals surface area contributed by atoms with Gasteiger partial charge in [-0.2, -0.15) is 0 Å². The molecule has 0 heterocycles. The van der Waals surface area contributed by atoms with Gasteiger partial charge in [0.15, 0.2) is 6.10 Å². The smallest absolute Gasteiger partial charge is 0.306 e. The zero-order valence-corrected chi connectivity index (χ0v) is 50.7. The van der Waals surface area contributed by atoms with E-state index in [0.29, 0.717) is 19.3 Å². The molecule has 0 amide bonds. The third-order valence-corrected chi connectivity index (χ3v) is 14.0. The van der Waals surface area contributed by atoms with Crippen LogP contribution in [0.4, 0.5) is 0 Å². The molecule has 0 aliphatic heterocycles. The fraction of sp³-hybridized carbons (Fsp3) is 0.732. The molecule has 6 nitrogen and oxygen atoms in total. The summed E-state index contributed by atoms with van der Waals surface area (Å²) >= 11 is 0. The molecule has 0 bridgehead atoms. The van der Waals surface area contributed by atoms with Crippen LogP contribution in [0.2, 0.25) is 0 Å². The van der Waals surface area contributed by atoms with E-state index in [1.165, 1.54) is 141 Å². The summed E-state index contributed by atoms with van der Waals surface area (Å²) in [6, 6.07) is 0. The van der Waals surface area contributed by atoms with E-state index in [4.69, 9.17) is 14.2 Å². The van der Waals surface area contributed by atoms with Crippen LogP contribution in [0, 0.1) is 0 Å². The Morgan fingerprint density at radius 3 is 0.844 bits per heavy atom. The third-order valence-electron chi connectivity index (χ3n) is 14.0. The number of ether oxygens (including phenoxy) is 3. The molecule has 0 aromatic carbocycles. The lowest BCUT2D eigenvalue weighted by molar-refractivity contribution is -0.167. The van der Waals surface area contributed by atoms with Crippen LogP contribution in [-0.4, -0.2) is 37.2 Å². The van der Waals surface area contributed by atoms with Gasteiger partial charge in [0.2, 0.25) is 0 Å². The van der Waals surface area contributed by atoms with Gasteiger partial charge < -0.3 is 14.2 Å². The summed E-state index contributed by atoms with van der Waals surface area (Å²) in [7, 11) is 0. The molecular weight excluding hydrogens is 949 g/mol. The van der Waals surface area contributed by atoms with E-state index in [1.807, 2.05) is 0 Å². The van der Waals surface area contributed by atoms with Gasteiger partial charge >= 0.3 is 17.9 Å². The van der Waals surface area contributed by atoms with Crippen LogP contribution < -0.4 is 0 Å². The maximum Gasteiger partial charge on any atom is 0.306 e. The topological polar surface area (TPSA) is 78.9 Å². The number of allylic oxidation sites excluding steroid dienone is 16. The first-order valence-electron chi connectivity index (χ1n) is 32.7. The highest BCUT2D eigenvalue weighted by Crippen LogP contribution is 2.17. The molecule has 0 rings (SSSR count). The average molecular weight is 1070 g/mol. The minimum absolute atomic E-state index is 0.0908. The molecule has 77 heavy (non-hydrogen) atoms. The van der Waals surface area contributed by atoms with E-state index in [9.17, 15) is 14.4 Å². The number of rotatable bonds is 59. The van der Waals surface area contributed by atoms with Gasteiger partial charge in [-0.3, -0.25) is 14.4 Å². The van der Waals surface area contributed by atoms with Crippen LogP contribution in [0.1, 0.15) is 316 Å². The van der Waals surface area contributed by atoms with Crippen molar-refractivity contribution in [3.8, 4) is 0 Å². The van der Waals surface area contributed by atoms with E-state index in [2.05, 4.69) is 118 Å². The predicted octanol–water partition coefficient (Wildman–Crippen LogP) is 22.4. The standard InChI is InChI=1S/C71H122O6/c1-4-7-10-13-16-19-22-25-27-29-30-31-32-33-34-35-36-37-38-39-40-42-43-46-49-52-55-58-61-64-70(73)76-67-68(66-75-69(72)63-60-57-54-51-48-45-24-21-18-15-12-9-6-3)77-71(74)65-62-59-56-53-50-47-44-41-28-26-23-20-17-14-11-8-5-2/h8,11-12,15,17,20-22,24-26,28-30,44,47,68H,4-7,9-10,13-14,16,18-19,23,27,31-43,45-46,48-67H2,1-3H3/b11-8-,15-12-,20-17-,24-21-,25-22-,28-26-,30-29-,47-44-. The molecule has 0 saturated carbocycles. The van der Waals surface area contributed by atoms with Crippen LogP contribution in [0.15, 0.2) is 97.2 Å². The van der Waals surface area contributed by atoms with E-state index >= 15 is 0 Å². The molecule has 0 aliphatic carbocycles. The fourth-order valence-electron chi connectivity index (χ4n) is 9.15. The lowest BCUT2D eigenvalue weighted by atomic mass is 10.0. The monoisotopic (exact) mass is 1070 g/mol. The molecule has 0 aromatic heterocycles. The molecular formula is C71H122O6. The Balaban J connectivity index is 4.25. The molecule has 0 saturated heterocycles. The lowest BCUT2D eigenvalue weighted by Crippen LogP contribution is -2.30. The van der Waals surface area contributed by atoms with Gasteiger partial charge in [-0.25, -0.2) is 0 Å². The maximum atomic E-state index is 12.9. The second kappa shape index (κ2) is 64.9. The van der Waals surface area contributed by atoms with Crippen molar-refractivity contribution in [3.05, 3.63) is 97.2 Å². The number of carbonyl (C=O) groups excluding carboxylic acids is 3. The Morgan fingerprint density at radius 1 is 0.273 bits per heavy atom. The molecule has 0 aromatic rings. The SMILES string of the molecule is CC/C=C\C/C=C\C/C=C\C/C=C\CCCCCCC(=O)OC(COC(=O)CCCCCCC/C=C\C/C=C\CCC)COC(=O)CCCCCCCCCCCCCCCCCCC/C=C\C/C=C\CCCCCCC. The summed E-state index contributed by atoms with van der Waals surface area (Å²) < 4.78 is 16.9. The average Bonchev–Trinajstić information content (AvgIpc) is 3.43. The normalized spacial score (nSPS) is 12.7. The molecule has 0 radical (unpaired) electrons. The van der Waals surface area contributed by atoms with Crippen molar-refractivity contribution in [2.24, 2.45) is 0 Å². The first kappa shape index (κ1) is 73.3. The minimum atomic E-state index is -0.797. The summed E-state index contributed by atoms with van der Waals surface area (Å²) in [4.78, 5) is 38.3. The van der Waals surface area contributed by atoms with Crippen LogP contribution in [0.5, 0.6) is 0 Å². The highest BCUT2D eigenvalue weighted by molar-refractivity contribution is 5.71. The van der Waals surface area contributed by atoms with Crippen molar-refractivity contribution in [1.82, 2.24) is 0 Å². The first-order valence-corrected chi connectivity index (χ1v) is 32.7. The molecule has 0 aliphatic rings. The number of unbranched alkanes of at least 4 members (excludes halogenated alkanes) is 32. The number of hydrogen-bond donors (Lipinski definition) is 0. The number of carbonyl (C=O) groups is 3. The van der Waals surface area contributed by atoms with Gasteiger partial charge in [0, 0.05) is 19.3 Å². The van der Waals surface area contributed by atoms with Crippen molar-refractivity contribution in [3.63, 3.8) is 0 Å². The number of esters is 3. The van der Waals surface area contributed by atoms with Crippen molar-refractivity contribution in [2.45, 2.75) is 322 Å². The minimum Gasteiger partial charge on any atom is -0.462 e. The third kappa shape index (κ3) is 63.0. The Kier molecular flexibility index (Phi) is 61.8. The summed E-state index contributed by atoms with van der Waals surface area (Å²) in [5, 5.41) is 0. The predicted molar refractivity (Wildman–Crippen MR) is 334 cm³/mol. The Hall–Kier alpha value is -3.67. The highest BCUT2D eigenvalue weighted by Gasteiger charge is 2.19. The number of hydrogen-bond acceptors (Lipinski definition) is 6. The Labute approximate surface area is 477 Å². The van der Waals surface area contributed by atoms with Gasteiger partial charge in [0.05, 0.1) is 0 Å². The summed E-state index contributed by atoms with van der Waals surface area (Å²) in [5.41, 5.74) is 0. The van der Waals surface area contributed by atoms with Crippen molar-refractivity contribution in [2.75, 3.05) is 13.2 Å². The van der Waals surface area contributed by atoms with E-state index in [0.717, 1.165) is 135 Å². The van der Waals surface area contributed by atoms with Gasteiger partial charge in [-0.05, 0) is 116 Å². The molecule has 1 unspecified atom stereocenters. The van der Waals surface area contributed by atoms with E-state index in [1.54, 1.807) is 0 Å². The van der Waals surface area contributed by atoms with E-state index in [-0.39, 0.29) is 31.1 Å². The zero-order chi connectivity index (χ0) is 55.7. The molecule has 0 spiro atoms. The summed E-state index contributed by atoms with van der Waals surface area (Å²) in [6.07, 6.45) is 87.1. The molecule has 0 N–H and O–H groups in total. The highest BCUT2D eigenvalue weighted by atomic mass is 16.6. The van der Waals surface area contributed by atoms with Crippen LogP contribution >= 0.6 is 0 Å². The van der Waals surface area contributed by atoms with Gasteiger partial charge in [-0.15, -0.1) is 0 Å². The fourth-order valence-corrected chi connectivity index (χ4v) is 9.15. The van der Waals surface area contributed by atoms with E-state index < -0.39 is 6.10 Å². The van der Waals surface area contributed by atoms with Gasteiger partial charge in [-0.1, -0.05) is 279 Å². The van der Waals surface area contributed by atoms with Gasteiger partial charge in [0.25, 0.3) is 0 Å². The van der Waals surface area contributed by atoms with Crippen molar-refractivity contribution in [1.29, 1.82) is 0 Å². The molecule has 6 heteroatoms. The lowest BCUT2D eigenvalue weighted by Gasteiger charge is -2.18. The van der Waals surface area contributed by atoms with Crippen molar-refractivity contribution < 1.29 is 28.6 Å².